The number of nitrogens with one attached hydrogen (secondary N) is 1. The molecule has 12 heteroatoms. The zero-order valence-electron chi connectivity index (χ0n) is 22.9. The van der Waals surface area contributed by atoms with Crippen LogP contribution in [-0.4, -0.2) is 96.6 Å². The van der Waals surface area contributed by atoms with Crippen LogP contribution in [0.4, 0.5) is 20.3 Å². The number of carbonyl (C=O) groups is 1. The summed E-state index contributed by atoms with van der Waals surface area (Å²) < 4.78 is 40.0. The van der Waals surface area contributed by atoms with Crippen LogP contribution < -0.4 is 14.8 Å². The van der Waals surface area contributed by atoms with Crippen molar-refractivity contribution in [3.05, 3.63) is 47.2 Å². The van der Waals surface area contributed by atoms with Gasteiger partial charge in [-0.25, -0.2) is 18.7 Å². The number of fused-ring (bicyclic) bond motifs is 1. The molecule has 2 fully saturated rings. The molecule has 1 N–H and O–H groups in total. The van der Waals surface area contributed by atoms with Crippen molar-refractivity contribution in [1.82, 2.24) is 24.7 Å². The maximum atomic E-state index is 14.5. The second-order valence-electron chi connectivity index (χ2n) is 10.1. The molecule has 0 aliphatic carbocycles. The van der Waals surface area contributed by atoms with Crippen LogP contribution in [0.2, 0.25) is 5.02 Å². The first-order valence-corrected chi connectivity index (χ1v) is 13.8. The van der Waals surface area contributed by atoms with Gasteiger partial charge in [0.2, 0.25) is 0 Å². The van der Waals surface area contributed by atoms with Gasteiger partial charge in [-0.2, -0.15) is 0 Å². The quantitative estimate of drug-likeness (QED) is 0.330. The van der Waals surface area contributed by atoms with Gasteiger partial charge in [0.15, 0.2) is 17.3 Å². The Kier molecular flexibility index (Phi) is 9.03. The van der Waals surface area contributed by atoms with Crippen LogP contribution in [0, 0.1) is 23.5 Å². The molecule has 2 aromatic carbocycles. The van der Waals surface area contributed by atoms with E-state index in [-0.39, 0.29) is 23.5 Å². The molecule has 9 nitrogen and oxygen atoms in total. The number of benzene rings is 2. The number of piperazine rings is 1. The fourth-order valence-corrected chi connectivity index (χ4v) is 5.02. The zero-order chi connectivity index (χ0) is 28.9. The Labute approximate surface area is 242 Å². The van der Waals surface area contributed by atoms with Gasteiger partial charge in [0, 0.05) is 63.6 Å². The predicted octanol–water partition coefficient (Wildman–Crippen LogP) is 3.93. The Morgan fingerprint density at radius 1 is 1.15 bits per heavy atom. The van der Waals surface area contributed by atoms with Crippen molar-refractivity contribution in [2.24, 2.45) is 0 Å². The van der Waals surface area contributed by atoms with Crippen LogP contribution in [0.5, 0.6) is 11.5 Å². The molecule has 3 heterocycles. The number of halogens is 3. The highest BCUT2D eigenvalue weighted by Gasteiger charge is 2.28. The number of amides is 1. The van der Waals surface area contributed by atoms with Crippen LogP contribution in [0.15, 0.2) is 30.6 Å². The van der Waals surface area contributed by atoms with E-state index >= 15 is 0 Å². The summed E-state index contributed by atoms with van der Waals surface area (Å²) in [5, 5.41) is 2.78. The molecule has 0 bridgehead atoms. The van der Waals surface area contributed by atoms with E-state index < -0.39 is 16.7 Å². The van der Waals surface area contributed by atoms with Crippen LogP contribution in [0.1, 0.15) is 12.8 Å². The van der Waals surface area contributed by atoms with Crippen molar-refractivity contribution < 1.29 is 23.0 Å². The molecule has 0 saturated carbocycles. The summed E-state index contributed by atoms with van der Waals surface area (Å²) in [7, 11) is 3.64. The lowest BCUT2D eigenvalue weighted by molar-refractivity contribution is -0.124. The van der Waals surface area contributed by atoms with E-state index in [2.05, 4.69) is 44.0 Å². The molecule has 0 unspecified atom stereocenters. The second-order valence-corrected chi connectivity index (χ2v) is 10.4. The zero-order valence-corrected chi connectivity index (χ0v) is 23.7. The SMILES string of the molecule is COc1cc2ncnc(Nc3ccc(F)c(Cl)c3F)c2cc1O[C@H]1CCN(C(=O)C#CCCN2CCN(C)CC2)C1. The smallest absolute Gasteiger partial charge is 0.298 e. The summed E-state index contributed by atoms with van der Waals surface area (Å²) in [5.74, 6) is 4.96. The first kappa shape index (κ1) is 28.8. The molecule has 1 atom stereocenters. The molecule has 2 aliphatic rings. The lowest BCUT2D eigenvalue weighted by Crippen LogP contribution is -2.44. The van der Waals surface area contributed by atoms with E-state index in [1.165, 1.54) is 19.5 Å². The Bertz CT molecular complexity index is 1490. The van der Waals surface area contributed by atoms with Gasteiger partial charge < -0.3 is 24.6 Å². The number of anilines is 2. The largest absolute Gasteiger partial charge is 0.493 e. The van der Waals surface area contributed by atoms with Crippen LogP contribution in [0.3, 0.4) is 0 Å². The normalized spacial score (nSPS) is 17.8. The monoisotopic (exact) mass is 584 g/mol. The second kappa shape index (κ2) is 12.9. The van der Waals surface area contributed by atoms with Gasteiger partial charge in [0.1, 0.15) is 29.1 Å². The topological polar surface area (TPSA) is 83.1 Å². The minimum Gasteiger partial charge on any atom is -0.493 e. The van der Waals surface area contributed by atoms with Gasteiger partial charge in [-0.1, -0.05) is 17.5 Å². The summed E-state index contributed by atoms with van der Waals surface area (Å²) in [4.78, 5) is 27.6. The number of hydrogen-bond acceptors (Lipinski definition) is 8. The Morgan fingerprint density at radius 3 is 2.73 bits per heavy atom. The van der Waals surface area contributed by atoms with E-state index in [0.29, 0.717) is 48.3 Å². The molecule has 2 aliphatic heterocycles. The molecule has 216 valence electrons. The molecule has 41 heavy (non-hydrogen) atoms. The van der Waals surface area contributed by atoms with Crippen molar-refractivity contribution in [3.63, 3.8) is 0 Å². The van der Waals surface area contributed by atoms with Crippen LogP contribution >= 0.6 is 11.6 Å². The van der Waals surface area contributed by atoms with Gasteiger partial charge >= 0.3 is 0 Å². The standard InChI is InChI=1S/C29H31ClF2N6O3/c1-36-11-13-37(14-12-36)9-4-3-5-26(39)38-10-8-19(17-38)41-25-15-20-23(16-24(25)40-2)33-18-34-29(20)35-22-7-6-21(31)27(30)28(22)32/h6-7,15-16,18-19H,4,8-14,17H2,1-2H3,(H,33,34,35)/t19-/m0/s1. The fourth-order valence-electron chi connectivity index (χ4n) is 4.86. The maximum Gasteiger partial charge on any atom is 0.298 e. The van der Waals surface area contributed by atoms with Crippen LogP contribution in [0.25, 0.3) is 10.9 Å². The summed E-state index contributed by atoms with van der Waals surface area (Å²) in [6, 6.07) is 5.70. The number of hydrogen-bond donors (Lipinski definition) is 1. The number of likely N-dealkylation sites (N-methyl/N-ethyl adjacent to an activating group) is 1. The summed E-state index contributed by atoms with van der Waals surface area (Å²) in [6.45, 7) is 5.94. The summed E-state index contributed by atoms with van der Waals surface area (Å²) in [6.07, 6.45) is 2.34. The fraction of sp³-hybridized carbons (Fsp3) is 0.414. The molecule has 3 aromatic rings. The molecule has 1 amide bonds. The Morgan fingerprint density at radius 2 is 1.95 bits per heavy atom. The lowest BCUT2D eigenvalue weighted by atomic mass is 10.2. The number of aromatic nitrogens is 2. The average molecular weight is 585 g/mol. The van der Waals surface area contributed by atoms with Gasteiger partial charge in [0.05, 0.1) is 24.9 Å². The van der Waals surface area contributed by atoms with E-state index in [9.17, 15) is 13.6 Å². The van der Waals surface area contributed by atoms with Gasteiger partial charge in [0.25, 0.3) is 5.91 Å². The van der Waals surface area contributed by atoms with Gasteiger partial charge in [-0.15, -0.1) is 0 Å². The van der Waals surface area contributed by atoms with E-state index in [1.807, 2.05) is 0 Å². The highest BCUT2D eigenvalue weighted by atomic mass is 35.5. The van der Waals surface area contributed by atoms with Crippen molar-refractivity contribution in [1.29, 1.82) is 0 Å². The number of carbonyl (C=O) groups excluding carboxylic acids is 1. The minimum atomic E-state index is -0.929. The number of likely N-dealkylation sites (tertiary alicyclic amines) is 1. The Balaban J connectivity index is 1.25. The highest BCUT2D eigenvalue weighted by Crippen LogP contribution is 2.37. The van der Waals surface area contributed by atoms with Crippen molar-refractivity contribution in [2.45, 2.75) is 18.9 Å². The van der Waals surface area contributed by atoms with Crippen molar-refractivity contribution in [3.8, 4) is 23.3 Å². The third-order valence-corrected chi connectivity index (χ3v) is 7.63. The molecule has 0 radical (unpaired) electrons. The average Bonchev–Trinajstić information content (AvgIpc) is 3.45. The number of methoxy groups -OCH3 is 1. The van der Waals surface area contributed by atoms with E-state index in [1.54, 1.807) is 17.0 Å². The van der Waals surface area contributed by atoms with Gasteiger partial charge in [-0.05, 0) is 31.2 Å². The van der Waals surface area contributed by atoms with E-state index in [4.69, 9.17) is 21.1 Å². The summed E-state index contributed by atoms with van der Waals surface area (Å²) >= 11 is 5.73. The molecule has 5 rings (SSSR count). The summed E-state index contributed by atoms with van der Waals surface area (Å²) in [5.41, 5.74) is 0.486. The molecular formula is C29H31ClF2N6O3. The third kappa shape index (κ3) is 6.78. The lowest BCUT2D eigenvalue weighted by Gasteiger charge is -2.31. The maximum absolute atomic E-state index is 14.5. The minimum absolute atomic E-state index is 0.0377. The Hall–Kier alpha value is -3.72. The molecular weight excluding hydrogens is 554 g/mol. The van der Waals surface area contributed by atoms with Crippen molar-refractivity contribution in [2.75, 3.05) is 65.3 Å². The van der Waals surface area contributed by atoms with Gasteiger partial charge in [-0.3, -0.25) is 9.69 Å². The number of ether oxygens (including phenoxy) is 2. The number of rotatable bonds is 7. The first-order valence-electron chi connectivity index (χ1n) is 13.4. The first-order chi connectivity index (χ1) is 19.8. The predicted molar refractivity (Wildman–Crippen MR) is 153 cm³/mol. The molecule has 2 saturated heterocycles. The molecule has 1 aromatic heterocycles. The van der Waals surface area contributed by atoms with E-state index in [0.717, 1.165) is 38.8 Å². The van der Waals surface area contributed by atoms with Crippen molar-refractivity contribution >= 4 is 39.9 Å². The number of nitrogens with zero attached hydrogens (tertiary/aromatic N) is 5. The third-order valence-electron chi connectivity index (χ3n) is 7.28. The molecule has 0 spiro atoms. The highest BCUT2D eigenvalue weighted by molar-refractivity contribution is 6.31. The van der Waals surface area contributed by atoms with Crippen LogP contribution in [-0.2, 0) is 4.79 Å².